The van der Waals surface area contributed by atoms with Gasteiger partial charge in [-0.05, 0) is 24.7 Å². The van der Waals surface area contributed by atoms with Crippen molar-refractivity contribution in [2.24, 2.45) is 0 Å². The predicted molar refractivity (Wildman–Crippen MR) is 140 cm³/mol. The molecule has 170 valence electrons. The van der Waals surface area contributed by atoms with Gasteiger partial charge < -0.3 is 13.3 Å². The van der Waals surface area contributed by atoms with Crippen molar-refractivity contribution in [2.45, 2.75) is 109 Å². The van der Waals surface area contributed by atoms with Gasteiger partial charge in [0.15, 0.2) is 0 Å². The molecule has 0 bridgehead atoms. The van der Waals surface area contributed by atoms with Crippen molar-refractivity contribution in [3.05, 3.63) is 0 Å². The maximum absolute atomic E-state index is 6.23. The van der Waals surface area contributed by atoms with Crippen molar-refractivity contribution >= 4 is 41.1 Å². The van der Waals surface area contributed by atoms with Crippen LogP contribution in [0.25, 0.3) is 0 Å². The highest BCUT2D eigenvalue weighted by atomic mass is 28.5. The Morgan fingerprint density at radius 3 is 1.00 bits per heavy atom. The van der Waals surface area contributed by atoms with Gasteiger partial charge in [0.25, 0.3) is 0 Å². The Balaban J connectivity index is 6.32. The van der Waals surface area contributed by atoms with Gasteiger partial charge in [-0.3, -0.25) is 0 Å². The first-order valence-electron chi connectivity index (χ1n) is 11.3. The van der Waals surface area contributed by atoms with Crippen molar-refractivity contribution in [1.29, 1.82) is 0 Å². The standard InChI is InChI=1S/C20H52O3Si5/c1-15-21-28(22-16-2,23-17-3)19-18-27(13,14)20(24(4,5)6,25(7,8)9)26(10,11)12/h15-19H2,1-14H3. The first-order valence-corrected chi connectivity index (χ1v) is 26.9. The first-order chi connectivity index (χ1) is 12.4. The predicted octanol–water partition coefficient (Wildman–Crippen LogP) is 7.12. The molecule has 0 aromatic carbocycles. The third-order valence-electron chi connectivity index (χ3n) is 6.54. The van der Waals surface area contributed by atoms with Gasteiger partial charge in [-0.25, -0.2) is 0 Å². The number of rotatable bonds is 13. The average Bonchev–Trinajstić information content (AvgIpc) is 2.41. The van der Waals surface area contributed by atoms with E-state index in [2.05, 4.69) is 92.8 Å². The maximum Gasteiger partial charge on any atom is 0.500 e. The second-order valence-electron chi connectivity index (χ2n) is 11.9. The molecular formula is C20H52O3Si5. The van der Waals surface area contributed by atoms with Crippen LogP contribution in [0.4, 0.5) is 0 Å². The normalized spacial score (nSPS) is 15.2. The zero-order valence-electron chi connectivity index (χ0n) is 21.8. The molecule has 0 unspecified atom stereocenters. The summed E-state index contributed by atoms with van der Waals surface area (Å²) in [5.41, 5.74) is 0. The van der Waals surface area contributed by atoms with Crippen molar-refractivity contribution < 1.29 is 13.3 Å². The van der Waals surface area contributed by atoms with Crippen molar-refractivity contribution in [1.82, 2.24) is 0 Å². The van der Waals surface area contributed by atoms with Crippen LogP contribution in [-0.4, -0.2) is 60.9 Å². The van der Waals surface area contributed by atoms with Crippen LogP contribution in [-0.2, 0) is 13.3 Å². The van der Waals surface area contributed by atoms with E-state index in [1.165, 1.54) is 6.04 Å². The van der Waals surface area contributed by atoms with Crippen molar-refractivity contribution in [2.75, 3.05) is 19.8 Å². The van der Waals surface area contributed by atoms with Gasteiger partial charge in [0.05, 0.1) is 0 Å². The molecule has 0 spiro atoms. The molecule has 0 radical (unpaired) electrons. The molecule has 28 heavy (non-hydrogen) atoms. The summed E-state index contributed by atoms with van der Waals surface area (Å²) in [6.07, 6.45) is 0. The summed E-state index contributed by atoms with van der Waals surface area (Å²) < 4.78 is 19.3. The van der Waals surface area contributed by atoms with Crippen LogP contribution >= 0.6 is 0 Å². The zero-order chi connectivity index (χ0) is 22.7. The highest BCUT2D eigenvalue weighted by Crippen LogP contribution is 2.61. The Morgan fingerprint density at radius 2 is 0.786 bits per heavy atom. The fourth-order valence-electron chi connectivity index (χ4n) is 8.07. The van der Waals surface area contributed by atoms with Crippen LogP contribution in [0.3, 0.4) is 0 Å². The van der Waals surface area contributed by atoms with E-state index >= 15 is 0 Å². The summed E-state index contributed by atoms with van der Waals surface area (Å²) in [5, 5.41) is 0. The molecule has 3 nitrogen and oxygen atoms in total. The van der Waals surface area contributed by atoms with Crippen LogP contribution in [0.2, 0.25) is 88.0 Å². The lowest BCUT2D eigenvalue weighted by Gasteiger charge is -2.66. The highest BCUT2D eigenvalue weighted by Gasteiger charge is 2.67. The van der Waals surface area contributed by atoms with E-state index in [4.69, 9.17) is 13.3 Å². The smallest absolute Gasteiger partial charge is 0.374 e. The molecule has 0 aliphatic carbocycles. The summed E-state index contributed by atoms with van der Waals surface area (Å²) in [6, 6.07) is 2.25. The summed E-state index contributed by atoms with van der Waals surface area (Å²) >= 11 is 0. The molecule has 0 aromatic heterocycles. The van der Waals surface area contributed by atoms with Crippen LogP contribution in [0, 0.1) is 0 Å². The molecule has 0 aromatic rings. The minimum atomic E-state index is -2.58. The van der Waals surface area contributed by atoms with Gasteiger partial charge >= 0.3 is 8.80 Å². The molecule has 0 N–H and O–H groups in total. The molecule has 0 fully saturated rings. The molecule has 0 amide bonds. The molecule has 0 saturated carbocycles. The van der Waals surface area contributed by atoms with Gasteiger partial charge in [0, 0.05) is 58.2 Å². The number of hydrogen-bond acceptors (Lipinski definition) is 3. The molecule has 0 aliphatic rings. The van der Waals surface area contributed by atoms with E-state index in [1.54, 1.807) is 0 Å². The minimum Gasteiger partial charge on any atom is -0.374 e. The SMILES string of the molecule is CCO[Si](CC[Si](C)(C)C([Si](C)(C)C)([Si](C)(C)C)[Si](C)(C)C)(OCC)OCC. The molecule has 0 aliphatic heterocycles. The molecule has 8 heteroatoms. The van der Waals surface area contributed by atoms with Gasteiger partial charge in [0.2, 0.25) is 0 Å². The summed E-state index contributed by atoms with van der Waals surface area (Å²) in [6.45, 7) is 37.6. The lowest BCUT2D eigenvalue weighted by molar-refractivity contribution is 0.0724. The Morgan fingerprint density at radius 1 is 0.500 bits per heavy atom. The largest absolute Gasteiger partial charge is 0.500 e. The Kier molecular flexibility index (Phi) is 10.4. The summed E-state index contributed by atoms with van der Waals surface area (Å²) in [7, 11) is -8.44. The molecule has 0 heterocycles. The third-order valence-corrected chi connectivity index (χ3v) is 46.7. The van der Waals surface area contributed by atoms with E-state index in [1.807, 2.05) is 0 Å². The molecular weight excluding hydrogens is 429 g/mol. The Labute approximate surface area is 182 Å². The van der Waals surface area contributed by atoms with Gasteiger partial charge in [-0.15, -0.1) is 0 Å². The lowest BCUT2D eigenvalue weighted by atomic mass is 10.9. The van der Waals surface area contributed by atoms with E-state index in [0.29, 0.717) is 23.7 Å². The summed E-state index contributed by atoms with van der Waals surface area (Å²) in [4.78, 5) is 0. The average molecular weight is 481 g/mol. The zero-order valence-corrected chi connectivity index (χ0v) is 26.8. The fourth-order valence-corrected chi connectivity index (χ4v) is 66.7. The summed E-state index contributed by atoms with van der Waals surface area (Å²) in [5.74, 6) is 0. The minimum absolute atomic E-state index is 0.630. The first kappa shape index (κ1) is 29.0. The van der Waals surface area contributed by atoms with E-state index in [0.717, 1.165) is 6.04 Å². The second-order valence-corrected chi connectivity index (χ2v) is 38.4. The Hall–Kier alpha value is 0.964. The Bertz CT molecular complexity index is 423. The molecule has 0 atom stereocenters. The highest BCUT2D eigenvalue weighted by molar-refractivity contribution is 7.29. The van der Waals surface area contributed by atoms with Gasteiger partial charge in [-0.2, -0.15) is 0 Å². The van der Waals surface area contributed by atoms with Gasteiger partial charge in [-0.1, -0.05) is 78.1 Å². The van der Waals surface area contributed by atoms with Crippen LogP contribution in [0.5, 0.6) is 0 Å². The number of hydrogen-bond donors (Lipinski definition) is 0. The third kappa shape index (κ3) is 5.80. The second kappa shape index (κ2) is 10.1. The van der Waals surface area contributed by atoms with E-state index < -0.39 is 41.1 Å². The van der Waals surface area contributed by atoms with Crippen LogP contribution in [0.1, 0.15) is 20.8 Å². The molecule has 0 rings (SSSR count). The monoisotopic (exact) mass is 480 g/mol. The van der Waals surface area contributed by atoms with E-state index in [-0.39, 0.29) is 0 Å². The quantitative estimate of drug-likeness (QED) is 0.263. The van der Waals surface area contributed by atoms with Crippen molar-refractivity contribution in [3.8, 4) is 0 Å². The lowest BCUT2D eigenvalue weighted by Crippen LogP contribution is -2.75. The topological polar surface area (TPSA) is 27.7 Å². The molecule has 0 saturated heterocycles. The van der Waals surface area contributed by atoms with E-state index in [9.17, 15) is 0 Å². The maximum atomic E-state index is 6.23. The van der Waals surface area contributed by atoms with Gasteiger partial charge in [0.1, 0.15) is 0 Å². The van der Waals surface area contributed by atoms with Crippen molar-refractivity contribution in [3.63, 3.8) is 0 Å². The fraction of sp³-hybridized carbons (Fsp3) is 1.00. The van der Waals surface area contributed by atoms with Crippen LogP contribution in [0.15, 0.2) is 0 Å². The van der Waals surface area contributed by atoms with Crippen LogP contribution < -0.4 is 0 Å².